The predicted molar refractivity (Wildman–Crippen MR) is 170 cm³/mol. The summed E-state index contributed by atoms with van der Waals surface area (Å²) in [6.45, 7) is 9.21. The summed E-state index contributed by atoms with van der Waals surface area (Å²) in [4.78, 5) is 42.9. The van der Waals surface area contributed by atoms with Crippen LogP contribution in [0.5, 0.6) is 0 Å². The smallest absolute Gasteiger partial charge is 0.436 e. The first-order valence-corrected chi connectivity index (χ1v) is 15.8. The highest BCUT2D eigenvalue weighted by molar-refractivity contribution is 7.20. The van der Waals surface area contributed by atoms with Gasteiger partial charge in [-0.25, -0.2) is 4.79 Å². The summed E-state index contributed by atoms with van der Waals surface area (Å²) in [5, 5.41) is 10.8. The van der Waals surface area contributed by atoms with E-state index in [1.165, 1.54) is 19.3 Å². The molecule has 1 aliphatic heterocycles. The Bertz CT molecular complexity index is 1570. The molecule has 0 unspecified atom stereocenters. The van der Waals surface area contributed by atoms with Crippen molar-refractivity contribution < 1.29 is 19.1 Å². The van der Waals surface area contributed by atoms with E-state index in [0.717, 1.165) is 59.6 Å². The zero-order valence-corrected chi connectivity index (χ0v) is 25.8. The first-order chi connectivity index (χ1) is 20.7. The molecule has 3 heterocycles. The number of fused-ring (bicyclic) bond motifs is 1. The average molecular weight is 602 g/mol. The first kappa shape index (κ1) is 30.4. The van der Waals surface area contributed by atoms with Crippen LogP contribution in [0.2, 0.25) is 0 Å². The molecule has 2 aromatic carbocycles. The number of nitrogens with one attached hydrogen (secondary N) is 2. The second kappa shape index (κ2) is 13.5. The number of ether oxygens (including phenoxy) is 1. The van der Waals surface area contributed by atoms with Gasteiger partial charge in [-0.2, -0.15) is 4.68 Å². The Kier molecular flexibility index (Phi) is 9.57. The third kappa shape index (κ3) is 7.32. The number of amides is 2. The monoisotopic (exact) mass is 601 g/mol. The normalized spacial score (nSPS) is 14.0. The van der Waals surface area contributed by atoms with Gasteiger partial charge in [0.05, 0.1) is 22.4 Å². The lowest BCUT2D eigenvalue weighted by Gasteiger charge is -2.26. The maximum absolute atomic E-state index is 13.4. The van der Waals surface area contributed by atoms with Crippen molar-refractivity contribution in [2.24, 2.45) is 0 Å². The van der Waals surface area contributed by atoms with E-state index in [1.54, 1.807) is 18.2 Å². The maximum atomic E-state index is 13.4. The van der Waals surface area contributed by atoms with Crippen LogP contribution in [-0.4, -0.2) is 52.3 Å². The molecule has 2 aromatic heterocycles. The van der Waals surface area contributed by atoms with E-state index >= 15 is 0 Å². The van der Waals surface area contributed by atoms with Crippen molar-refractivity contribution in [3.05, 3.63) is 82.2 Å². The van der Waals surface area contributed by atoms with E-state index in [-0.39, 0.29) is 24.2 Å². The van der Waals surface area contributed by atoms with Crippen LogP contribution in [-0.2, 0) is 16.8 Å². The second-order valence-corrected chi connectivity index (χ2v) is 12.5. The minimum Gasteiger partial charge on any atom is -0.448 e. The van der Waals surface area contributed by atoms with Crippen LogP contribution in [0, 0.1) is 0 Å². The molecule has 1 saturated heterocycles. The van der Waals surface area contributed by atoms with Crippen LogP contribution in [0.3, 0.4) is 0 Å². The van der Waals surface area contributed by atoms with Gasteiger partial charge in [-0.15, -0.1) is 16.4 Å². The molecule has 2 amide bonds. The Balaban J connectivity index is 1.37. The molecule has 10 heteroatoms. The maximum Gasteiger partial charge on any atom is 0.436 e. The molecule has 0 spiro atoms. The molecular formula is C33H39N5O4S. The minimum absolute atomic E-state index is 0.197. The molecule has 1 fully saturated rings. The number of rotatable bonds is 10. The zero-order chi connectivity index (χ0) is 30.4. The number of unbranched alkanes of at least 4 members (excludes halogenated alkanes) is 1. The number of aromatic nitrogens is 2. The van der Waals surface area contributed by atoms with Crippen molar-refractivity contribution in [1.82, 2.24) is 20.0 Å². The molecule has 0 saturated carbocycles. The van der Waals surface area contributed by atoms with E-state index in [4.69, 9.17) is 4.74 Å². The summed E-state index contributed by atoms with van der Waals surface area (Å²) in [5.74, 6) is -0.442. The van der Waals surface area contributed by atoms with Gasteiger partial charge in [-0.05, 0) is 75.5 Å². The number of hydrogen-bond donors (Lipinski definition) is 2. The molecule has 4 aromatic rings. The number of piperidine rings is 1. The van der Waals surface area contributed by atoms with E-state index < -0.39 is 11.6 Å². The summed E-state index contributed by atoms with van der Waals surface area (Å²) >= 11 is 1.13. The molecular weight excluding hydrogens is 562 g/mol. The molecule has 9 nitrogen and oxygen atoms in total. The van der Waals surface area contributed by atoms with Gasteiger partial charge in [0, 0.05) is 12.1 Å². The Hall–Kier alpha value is -4.02. The molecule has 5 rings (SSSR count). The number of carbonyl (C=O) groups is 3. The van der Waals surface area contributed by atoms with Crippen molar-refractivity contribution >= 4 is 45.3 Å². The summed E-state index contributed by atoms with van der Waals surface area (Å²) in [6.07, 6.45) is 4.69. The summed E-state index contributed by atoms with van der Waals surface area (Å²) in [7, 11) is 0. The topological polar surface area (TPSA) is 106 Å². The highest BCUT2D eigenvalue weighted by Gasteiger charge is 2.27. The fourth-order valence-corrected chi connectivity index (χ4v) is 6.19. The highest BCUT2D eigenvalue weighted by Crippen LogP contribution is 2.33. The van der Waals surface area contributed by atoms with Gasteiger partial charge in [-0.3, -0.25) is 14.5 Å². The molecule has 226 valence electrons. The fourth-order valence-electron chi connectivity index (χ4n) is 5.19. The number of anilines is 1. The third-order valence-corrected chi connectivity index (χ3v) is 8.81. The SMILES string of the molecule is CCCCOC(=O)n1nc(NC(=O)c2ccc(CN3CCCCC3)cc2)c2cc(C(=O)NC(C)(C)c3ccccc3)sc21. The Morgan fingerprint density at radius 3 is 2.40 bits per heavy atom. The van der Waals surface area contributed by atoms with Crippen molar-refractivity contribution in [2.75, 3.05) is 25.0 Å². The quantitative estimate of drug-likeness (QED) is 0.194. The fraction of sp³-hybridized carbons (Fsp3) is 0.394. The van der Waals surface area contributed by atoms with Crippen LogP contribution in [0.25, 0.3) is 10.2 Å². The van der Waals surface area contributed by atoms with E-state index in [1.807, 2.05) is 63.2 Å². The van der Waals surface area contributed by atoms with Gasteiger partial charge < -0.3 is 15.4 Å². The third-order valence-electron chi connectivity index (χ3n) is 7.70. The Labute approximate surface area is 256 Å². The molecule has 0 atom stereocenters. The number of benzene rings is 2. The van der Waals surface area contributed by atoms with Crippen molar-refractivity contribution in [3.8, 4) is 0 Å². The largest absolute Gasteiger partial charge is 0.448 e. The standard InChI is InChI=1S/C33H39N5O4S/c1-4-5-20-42-32(41)38-31-26(21-27(43-31)30(40)35-33(2,3)25-12-8-6-9-13-25)28(36-38)34-29(39)24-16-14-23(15-17-24)22-37-18-10-7-11-19-37/h6,8-9,12-17,21H,4-5,7,10-11,18-20,22H2,1-3H3,(H,35,40)(H,34,36,39). The van der Waals surface area contributed by atoms with E-state index in [9.17, 15) is 14.4 Å². The lowest BCUT2D eigenvalue weighted by atomic mass is 9.94. The summed E-state index contributed by atoms with van der Waals surface area (Å²) < 4.78 is 6.55. The van der Waals surface area contributed by atoms with E-state index in [0.29, 0.717) is 20.7 Å². The van der Waals surface area contributed by atoms with Gasteiger partial charge in [0.2, 0.25) is 0 Å². The number of likely N-dealkylation sites (tertiary alicyclic amines) is 1. The molecule has 0 aliphatic carbocycles. The van der Waals surface area contributed by atoms with Gasteiger partial charge in [0.1, 0.15) is 4.83 Å². The van der Waals surface area contributed by atoms with E-state index in [2.05, 4.69) is 20.6 Å². The molecule has 43 heavy (non-hydrogen) atoms. The van der Waals surface area contributed by atoms with Gasteiger partial charge in [-0.1, -0.05) is 62.2 Å². The Morgan fingerprint density at radius 2 is 1.70 bits per heavy atom. The first-order valence-electron chi connectivity index (χ1n) is 15.0. The molecule has 2 N–H and O–H groups in total. The predicted octanol–water partition coefficient (Wildman–Crippen LogP) is 6.79. The minimum atomic E-state index is -0.653. The van der Waals surface area contributed by atoms with Gasteiger partial charge in [0.25, 0.3) is 11.8 Å². The number of carbonyl (C=O) groups excluding carboxylic acids is 3. The second-order valence-electron chi connectivity index (χ2n) is 11.5. The lowest BCUT2D eigenvalue weighted by Crippen LogP contribution is -2.40. The number of thiophene rings is 1. The molecule has 0 bridgehead atoms. The average Bonchev–Trinajstić information content (AvgIpc) is 3.59. The van der Waals surface area contributed by atoms with Crippen LogP contribution < -0.4 is 10.6 Å². The highest BCUT2D eigenvalue weighted by atomic mass is 32.1. The molecule has 1 aliphatic rings. The van der Waals surface area contributed by atoms with Crippen LogP contribution >= 0.6 is 11.3 Å². The van der Waals surface area contributed by atoms with Crippen LogP contribution in [0.4, 0.5) is 10.6 Å². The lowest BCUT2D eigenvalue weighted by molar-refractivity contribution is 0.0915. The van der Waals surface area contributed by atoms with Gasteiger partial charge >= 0.3 is 6.09 Å². The van der Waals surface area contributed by atoms with Crippen LogP contribution in [0.1, 0.15) is 84.0 Å². The summed E-state index contributed by atoms with van der Waals surface area (Å²) in [5.41, 5.74) is 1.97. The van der Waals surface area contributed by atoms with Crippen molar-refractivity contribution in [1.29, 1.82) is 0 Å². The zero-order valence-electron chi connectivity index (χ0n) is 25.0. The van der Waals surface area contributed by atoms with Crippen molar-refractivity contribution in [2.45, 2.75) is 65.0 Å². The number of nitrogens with zero attached hydrogens (tertiary/aromatic N) is 3. The summed E-state index contributed by atoms with van der Waals surface area (Å²) in [6, 6.07) is 18.9. The van der Waals surface area contributed by atoms with Gasteiger partial charge in [0.15, 0.2) is 5.82 Å². The Morgan fingerprint density at radius 1 is 0.977 bits per heavy atom. The number of hydrogen-bond acceptors (Lipinski definition) is 7. The van der Waals surface area contributed by atoms with Crippen LogP contribution in [0.15, 0.2) is 60.7 Å². The molecule has 0 radical (unpaired) electrons. The van der Waals surface area contributed by atoms with Crippen molar-refractivity contribution in [3.63, 3.8) is 0 Å².